The van der Waals surface area contributed by atoms with Gasteiger partial charge in [0.2, 0.25) is 5.96 Å². The number of hydrogen-bond acceptors (Lipinski definition) is 6. The second-order valence-electron chi connectivity index (χ2n) is 7.46. The summed E-state index contributed by atoms with van der Waals surface area (Å²) in [6.45, 7) is 4.34. The fourth-order valence-electron chi connectivity index (χ4n) is 3.91. The molecular weight excluding hydrogens is 372 g/mol. The van der Waals surface area contributed by atoms with Gasteiger partial charge in [-0.1, -0.05) is 60.7 Å². The monoisotopic (exact) mass is 396 g/mol. The molecule has 0 N–H and O–H groups in total. The third-order valence-electron chi connectivity index (χ3n) is 5.51. The van der Waals surface area contributed by atoms with Crippen LogP contribution >= 0.6 is 0 Å². The van der Waals surface area contributed by atoms with Crippen molar-refractivity contribution in [2.45, 2.75) is 6.42 Å². The van der Waals surface area contributed by atoms with Gasteiger partial charge in [-0.15, -0.1) is 10.2 Å². The van der Waals surface area contributed by atoms with Gasteiger partial charge in [-0.2, -0.15) is 0 Å². The van der Waals surface area contributed by atoms with Crippen LogP contribution in [0.25, 0.3) is 22.4 Å². The topological polar surface area (TPSA) is 57.0 Å². The maximum Gasteiger partial charge on any atom is 0.220 e. The molecule has 0 aliphatic carbocycles. The molecule has 6 nitrogen and oxygen atoms in total. The lowest BCUT2D eigenvalue weighted by atomic mass is 10.0. The summed E-state index contributed by atoms with van der Waals surface area (Å²) in [5, 5.41) is 9.26. The molecule has 2 aliphatic rings. The van der Waals surface area contributed by atoms with Gasteiger partial charge in [0, 0.05) is 56.5 Å². The molecule has 0 atom stereocenters. The van der Waals surface area contributed by atoms with Gasteiger partial charge in [-0.3, -0.25) is 4.99 Å². The zero-order chi connectivity index (χ0) is 20.2. The van der Waals surface area contributed by atoms with E-state index in [2.05, 4.69) is 67.3 Å². The first-order valence-corrected chi connectivity index (χ1v) is 10.4. The number of aliphatic imine (C=N–C) groups is 2. The van der Waals surface area contributed by atoms with E-state index in [4.69, 9.17) is 5.10 Å². The van der Waals surface area contributed by atoms with E-state index in [0.29, 0.717) is 0 Å². The zero-order valence-corrected chi connectivity index (χ0v) is 16.9. The lowest BCUT2D eigenvalue weighted by Gasteiger charge is -2.36. The summed E-state index contributed by atoms with van der Waals surface area (Å²) in [6.07, 6.45) is 2.91. The summed E-state index contributed by atoms with van der Waals surface area (Å²) < 4.78 is 0. The lowest BCUT2D eigenvalue weighted by molar-refractivity contribution is 0.379. The van der Waals surface area contributed by atoms with Crippen molar-refractivity contribution in [3.63, 3.8) is 0 Å². The van der Waals surface area contributed by atoms with E-state index in [-0.39, 0.29) is 0 Å². The van der Waals surface area contributed by atoms with Crippen LogP contribution in [0.3, 0.4) is 0 Å². The summed E-state index contributed by atoms with van der Waals surface area (Å²) >= 11 is 0. The van der Waals surface area contributed by atoms with Crippen molar-refractivity contribution in [2.24, 2.45) is 9.98 Å². The van der Waals surface area contributed by atoms with Crippen LogP contribution in [0.5, 0.6) is 0 Å². The summed E-state index contributed by atoms with van der Waals surface area (Å²) in [5.74, 6) is 1.81. The van der Waals surface area contributed by atoms with Crippen LogP contribution in [0.15, 0.2) is 76.7 Å². The van der Waals surface area contributed by atoms with E-state index < -0.39 is 0 Å². The molecule has 5 rings (SSSR count). The Labute approximate surface area is 176 Å². The smallest absolute Gasteiger partial charge is 0.220 e. The molecule has 150 valence electrons. The molecule has 0 saturated carbocycles. The molecule has 0 unspecified atom stereocenters. The Morgan fingerprint density at radius 3 is 2.03 bits per heavy atom. The molecule has 3 heterocycles. The van der Waals surface area contributed by atoms with Crippen molar-refractivity contribution in [1.29, 1.82) is 0 Å². The molecular formula is C24H24N6. The molecule has 2 aliphatic heterocycles. The van der Waals surface area contributed by atoms with Gasteiger partial charge < -0.3 is 9.80 Å². The summed E-state index contributed by atoms with van der Waals surface area (Å²) in [7, 11) is 0. The number of guanidine groups is 1. The summed E-state index contributed by atoms with van der Waals surface area (Å²) in [6, 6.07) is 22.8. The molecule has 0 bridgehead atoms. The minimum absolute atomic E-state index is 0.837. The first kappa shape index (κ1) is 18.5. The van der Waals surface area contributed by atoms with Gasteiger partial charge in [0.05, 0.1) is 5.69 Å². The third kappa shape index (κ3) is 3.81. The van der Waals surface area contributed by atoms with E-state index in [1.807, 2.05) is 30.5 Å². The van der Waals surface area contributed by atoms with Gasteiger partial charge in [-0.25, -0.2) is 4.99 Å². The number of anilines is 1. The first-order chi connectivity index (χ1) is 14.9. The third-order valence-corrected chi connectivity index (χ3v) is 5.51. The van der Waals surface area contributed by atoms with Crippen LogP contribution in [-0.4, -0.2) is 60.0 Å². The predicted octanol–water partition coefficient (Wildman–Crippen LogP) is 3.76. The standard InChI is InChI=1S/C24H24N6/c1-3-8-19(9-4-1)21-18-22(20-10-5-2-6-11-20)27-28-23(21)29-14-16-30(17-15-29)24-25-12-7-13-26-24/h1-6,8-12,18H,7,13-17H2. The Morgan fingerprint density at radius 2 is 1.37 bits per heavy atom. The van der Waals surface area contributed by atoms with Crippen LogP contribution in [0.1, 0.15) is 6.42 Å². The molecule has 0 amide bonds. The Hall–Kier alpha value is -3.54. The number of nitrogens with zero attached hydrogens (tertiary/aromatic N) is 6. The van der Waals surface area contributed by atoms with Gasteiger partial charge in [0.25, 0.3) is 0 Å². The maximum atomic E-state index is 4.69. The number of hydrogen-bond donors (Lipinski definition) is 0. The zero-order valence-electron chi connectivity index (χ0n) is 16.9. The maximum absolute atomic E-state index is 4.69. The normalized spacial score (nSPS) is 16.5. The van der Waals surface area contributed by atoms with Crippen molar-refractivity contribution >= 4 is 18.0 Å². The molecule has 1 fully saturated rings. The fraction of sp³-hybridized carbons (Fsp3) is 0.250. The van der Waals surface area contributed by atoms with Gasteiger partial charge in [0.15, 0.2) is 5.82 Å². The molecule has 0 radical (unpaired) electrons. The highest BCUT2D eigenvalue weighted by atomic mass is 15.4. The van der Waals surface area contributed by atoms with Crippen LogP contribution in [-0.2, 0) is 0 Å². The van der Waals surface area contributed by atoms with Crippen LogP contribution in [0, 0.1) is 0 Å². The molecule has 3 aromatic rings. The number of piperazine rings is 1. The SMILES string of the molecule is C1=NC(N2CCN(c3nnc(-c4ccccc4)cc3-c3ccccc3)CC2)=NCC1. The van der Waals surface area contributed by atoms with Crippen molar-refractivity contribution in [3.8, 4) is 22.4 Å². The average Bonchev–Trinajstić information content (AvgIpc) is 2.85. The Balaban J connectivity index is 1.45. The van der Waals surface area contributed by atoms with Gasteiger partial charge in [-0.05, 0) is 11.6 Å². The number of aromatic nitrogens is 2. The van der Waals surface area contributed by atoms with E-state index in [0.717, 1.165) is 73.3 Å². The lowest BCUT2D eigenvalue weighted by Crippen LogP contribution is -2.49. The molecule has 30 heavy (non-hydrogen) atoms. The van der Waals surface area contributed by atoms with Crippen molar-refractivity contribution in [2.75, 3.05) is 37.6 Å². The molecule has 1 saturated heterocycles. The second kappa shape index (κ2) is 8.45. The quantitative estimate of drug-likeness (QED) is 0.676. The van der Waals surface area contributed by atoms with Crippen LogP contribution in [0.4, 0.5) is 5.82 Å². The van der Waals surface area contributed by atoms with Gasteiger partial charge >= 0.3 is 0 Å². The van der Waals surface area contributed by atoms with Crippen molar-refractivity contribution in [1.82, 2.24) is 15.1 Å². The largest absolute Gasteiger partial charge is 0.351 e. The summed E-state index contributed by atoms with van der Waals surface area (Å²) in [5.41, 5.74) is 4.24. The van der Waals surface area contributed by atoms with Crippen LogP contribution in [0.2, 0.25) is 0 Å². The Bertz CT molecular complexity index is 1050. The second-order valence-corrected chi connectivity index (χ2v) is 7.46. The minimum Gasteiger partial charge on any atom is -0.351 e. The van der Waals surface area contributed by atoms with Crippen LogP contribution < -0.4 is 4.90 Å². The molecule has 6 heteroatoms. The minimum atomic E-state index is 0.837. The highest BCUT2D eigenvalue weighted by Crippen LogP contribution is 2.32. The molecule has 0 spiro atoms. The molecule has 2 aromatic carbocycles. The first-order valence-electron chi connectivity index (χ1n) is 10.4. The summed E-state index contributed by atoms with van der Waals surface area (Å²) in [4.78, 5) is 13.6. The van der Waals surface area contributed by atoms with Crippen molar-refractivity contribution < 1.29 is 0 Å². The highest BCUT2D eigenvalue weighted by Gasteiger charge is 2.24. The Morgan fingerprint density at radius 1 is 0.700 bits per heavy atom. The van der Waals surface area contributed by atoms with E-state index in [9.17, 15) is 0 Å². The van der Waals surface area contributed by atoms with Gasteiger partial charge in [0.1, 0.15) is 0 Å². The van der Waals surface area contributed by atoms with Crippen molar-refractivity contribution in [3.05, 3.63) is 66.7 Å². The fourth-order valence-corrected chi connectivity index (χ4v) is 3.91. The number of rotatable bonds is 3. The van der Waals surface area contributed by atoms with E-state index in [1.54, 1.807) is 0 Å². The Kier molecular flexibility index (Phi) is 5.21. The van der Waals surface area contributed by atoms with E-state index in [1.165, 1.54) is 0 Å². The van der Waals surface area contributed by atoms with E-state index >= 15 is 0 Å². The number of benzene rings is 2. The average molecular weight is 396 g/mol. The predicted molar refractivity (Wildman–Crippen MR) is 122 cm³/mol. The molecule has 1 aromatic heterocycles. The highest BCUT2D eigenvalue weighted by molar-refractivity contribution is 5.89.